The van der Waals surface area contributed by atoms with Crippen molar-refractivity contribution in [2.45, 2.75) is 39.3 Å². The van der Waals surface area contributed by atoms with Crippen molar-refractivity contribution in [1.82, 2.24) is 14.8 Å². The van der Waals surface area contributed by atoms with Gasteiger partial charge in [0.05, 0.1) is 6.10 Å². The van der Waals surface area contributed by atoms with Crippen molar-refractivity contribution < 1.29 is 5.11 Å². The summed E-state index contributed by atoms with van der Waals surface area (Å²) in [5.41, 5.74) is 1.87. The number of rotatable bonds is 5. The van der Waals surface area contributed by atoms with Crippen LogP contribution in [0.15, 0.2) is 24.5 Å². The van der Waals surface area contributed by atoms with E-state index in [0.717, 1.165) is 29.9 Å². The van der Waals surface area contributed by atoms with Crippen LogP contribution in [0.4, 0.5) is 0 Å². The largest absolute Gasteiger partial charge is 0.388 e. The lowest BCUT2D eigenvalue weighted by molar-refractivity contribution is 0.173. The lowest BCUT2D eigenvalue weighted by Gasteiger charge is -2.14. The number of aromatic nitrogens is 3. The highest BCUT2D eigenvalue weighted by atomic mass is 35.5. The Balaban J connectivity index is 2.18. The van der Waals surface area contributed by atoms with E-state index in [4.69, 9.17) is 11.6 Å². The highest BCUT2D eigenvalue weighted by Gasteiger charge is 2.15. The van der Waals surface area contributed by atoms with Gasteiger partial charge >= 0.3 is 0 Å². The molecule has 0 fully saturated rings. The molecule has 0 saturated heterocycles. The summed E-state index contributed by atoms with van der Waals surface area (Å²) in [5.74, 6) is 0.800. The summed E-state index contributed by atoms with van der Waals surface area (Å²) in [6, 6.07) is 5.55. The number of aliphatic hydroxyl groups excluding tert-OH is 1. The van der Waals surface area contributed by atoms with Gasteiger partial charge in [0.1, 0.15) is 12.2 Å². The van der Waals surface area contributed by atoms with E-state index in [1.54, 1.807) is 0 Å². The maximum atomic E-state index is 10.4. The smallest absolute Gasteiger partial charge is 0.138 e. The lowest BCUT2D eigenvalue weighted by atomic mass is 10.0. The van der Waals surface area contributed by atoms with Gasteiger partial charge in [0.15, 0.2) is 0 Å². The van der Waals surface area contributed by atoms with Crippen molar-refractivity contribution in [3.8, 4) is 0 Å². The Labute approximate surface area is 118 Å². The molecule has 2 aromatic rings. The lowest BCUT2D eigenvalue weighted by Crippen LogP contribution is -2.11. The first-order valence-electron chi connectivity index (χ1n) is 6.42. The number of hydrogen-bond acceptors (Lipinski definition) is 3. The fourth-order valence-corrected chi connectivity index (χ4v) is 2.28. The zero-order chi connectivity index (χ0) is 13.8. The van der Waals surface area contributed by atoms with Gasteiger partial charge in [-0.1, -0.05) is 24.6 Å². The van der Waals surface area contributed by atoms with Crippen molar-refractivity contribution in [2.75, 3.05) is 0 Å². The van der Waals surface area contributed by atoms with Gasteiger partial charge in [-0.05, 0) is 36.6 Å². The van der Waals surface area contributed by atoms with Crippen LogP contribution in [0.2, 0.25) is 5.02 Å². The van der Waals surface area contributed by atoms with Crippen molar-refractivity contribution in [3.05, 3.63) is 46.5 Å². The summed E-state index contributed by atoms with van der Waals surface area (Å²) in [6.45, 7) is 4.87. The van der Waals surface area contributed by atoms with Crippen LogP contribution in [0.1, 0.15) is 36.4 Å². The van der Waals surface area contributed by atoms with E-state index in [0.29, 0.717) is 11.4 Å². The van der Waals surface area contributed by atoms with Crippen molar-refractivity contribution >= 4 is 11.6 Å². The average Bonchev–Trinajstić information content (AvgIpc) is 2.80. The normalized spacial score (nSPS) is 12.6. The number of aryl methyl sites for hydroxylation is 2. The minimum Gasteiger partial charge on any atom is -0.388 e. The minimum atomic E-state index is -0.612. The SMILES string of the molecule is CCCn1ncnc1CC(O)c1cc(Cl)ccc1C. The highest BCUT2D eigenvalue weighted by Crippen LogP contribution is 2.24. The third-order valence-electron chi connectivity index (χ3n) is 3.11. The Kier molecular flexibility index (Phi) is 4.56. The van der Waals surface area contributed by atoms with E-state index in [1.807, 2.05) is 29.8 Å². The summed E-state index contributed by atoms with van der Waals surface area (Å²) in [4.78, 5) is 4.21. The molecule has 4 nitrogen and oxygen atoms in total. The van der Waals surface area contributed by atoms with E-state index in [-0.39, 0.29) is 0 Å². The summed E-state index contributed by atoms with van der Waals surface area (Å²) in [7, 11) is 0. The molecule has 0 radical (unpaired) electrons. The van der Waals surface area contributed by atoms with E-state index in [1.165, 1.54) is 6.33 Å². The third kappa shape index (κ3) is 3.33. The van der Waals surface area contributed by atoms with Crippen LogP contribution in [0, 0.1) is 6.92 Å². The molecule has 102 valence electrons. The van der Waals surface area contributed by atoms with Gasteiger partial charge in [-0.2, -0.15) is 5.10 Å². The number of hydrogen-bond donors (Lipinski definition) is 1. The Hall–Kier alpha value is -1.39. The maximum Gasteiger partial charge on any atom is 0.138 e. The van der Waals surface area contributed by atoms with Gasteiger partial charge in [-0.3, -0.25) is 4.68 Å². The van der Waals surface area contributed by atoms with Crippen molar-refractivity contribution in [3.63, 3.8) is 0 Å². The summed E-state index contributed by atoms with van der Waals surface area (Å²) < 4.78 is 1.84. The van der Waals surface area contributed by atoms with Crippen LogP contribution >= 0.6 is 11.6 Å². The third-order valence-corrected chi connectivity index (χ3v) is 3.34. The molecular weight excluding hydrogens is 262 g/mol. The molecule has 0 spiro atoms. The van der Waals surface area contributed by atoms with Crippen LogP contribution in [0.5, 0.6) is 0 Å². The highest BCUT2D eigenvalue weighted by molar-refractivity contribution is 6.30. The summed E-state index contributed by atoms with van der Waals surface area (Å²) in [6.07, 6.45) is 2.35. The fraction of sp³-hybridized carbons (Fsp3) is 0.429. The Morgan fingerprint density at radius 2 is 2.21 bits per heavy atom. The summed E-state index contributed by atoms with van der Waals surface area (Å²) in [5, 5.41) is 15.1. The minimum absolute atomic E-state index is 0.446. The number of halogens is 1. The standard InChI is InChI=1S/C14H18ClN3O/c1-3-6-18-14(16-9-17-18)8-13(19)12-7-11(15)5-4-10(12)2/h4-5,7,9,13,19H,3,6,8H2,1-2H3. The molecular formula is C14H18ClN3O. The Bertz CT molecular complexity index is 553. The molecule has 2 rings (SSSR count). The second-order valence-corrected chi connectivity index (χ2v) is 5.06. The van der Waals surface area contributed by atoms with Gasteiger partial charge in [0.25, 0.3) is 0 Å². The first-order valence-corrected chi connectivity index (χ1v) is 6.80. The van der Waals surface area contributed by atoms with E-state index in [2.05, 4.69) is 17.0 Å². The van der Waals surface area contributed by atoms with Crippen molar-refractivity contribution in [2.24, 2.45) is 0 Å². The molecule has 1 unspecified atom stereocenters. The predicted octanol–water partition coefficient (Wildman–Crippen LogP) is 2.93. The molecule has 1 aromatic carbocycles. The van der Waals surface area contributed by atoms with Gasteiger partial charge in [0.2, 0.25) is 0 Å². The van der Waals surface area contributed by atoms with E-state index < -0.39 is 6.10 Å². The zero-order valence-electron chi connectivity index (χ0n) is 11.2. The molecule has 5 heteroatoms. The second kappa shape index (κ2) is 6.17. The van der Waals surface area contributed by atoms with Crippen LogP contribution in [-0.4, -0.2) is 19.9 Å². The first-order chi connectivity index (χ1) is 9.11. The molecule has 0 saturated carbocycles. The molecule has 1 aromatic heterocycles. The topological polar surface area (TPSA) is 50.9 Å². The number of benzene rings is 1. The molecule has 0 aliphatic carbocycles. The molecule has 1 N–H and O–H groups in total. The predicted molar refractivity (Wildman–Crippen MR) is 75.2 cm³/mol. The number of aliphatic hydroxyl groups is 1. The van der Waals surface area contributed by atoms with Gasteiger partial charge in [0, 0.05) is 18.0 Å². The molecule has 1 heterocycles. The first kappa shape index (κ1) is 14.0. The molecule has 0 bridgehead atoms. The Morgan fingerprint density at radius 3 is 2.95 bits per heavy atom. The molecule has 0 aliphatic heterocycles. The second-order valence-electron chi connectivity index (χ2n) is 4.62. The molecule has 19 heavy (non-hydrogen) atoms. The Morgan fingerprint density at radius 1 is 1.42 bits per heavy atom. The fourth-order valence-electron chi connectivity index (χ4n) is 2.10. The quantitative estimate of drug-likeness (QED) is 0.915. The number of nitrogens with zero attached hydrogens (tertiary/aromatic N) is 3. The van der Waals surface area contributed by atoms with Gasteiger partial charge < -0.3 is 5.11 Å². The van der Waals surface area contributed by atoms with Crippen LogP contribution in [0.3, 0.4) is 0 Å². The van der Waals surface area contributed by atoms with Crippen LogP contribution in [0.25, 0.3) is 0 Å². The van der Waals surface area contributed by atoms with E-state index >= 15 is 0 Å². The monoisotopic (exact) mass is 279 g/mol. The molecule has 0 amide bonds. The molecule has 1 atom stereocenters. The zero-order valence-corrected chi connectivity index (χ0v) is 11.9. The van der Waals surface area contributed by atoms with Gasteiger partial charge in [-0.15, -0.1) is 0 Å². The maximum absolute atomic E-state index is 10.4. The van der Waals surface area contributed by atoms with E-state index in [9.17, 15) is 5.11 Å². The van der Waals surface area contributed by atoms with Crippen molar-refractivity contribution in [1.29, 1.82) is 0 Å². The van der Waals surface area contributed by atoms with Gasteiger partial charge in [-0.25, -0.2) is 4.98 Å². The average molecular weight is 280 g/mol. The summed E-state index contributed by atoms with van der Waals surface area (Å²) >= 11 is 5.98. The van der Waals surface area contributed by atoms with Crippen LogP contribution < -0.4 is 0 Å². The van der Waals surface area contributed by atoms with Crippen LogP contribution in [-0.2, 0) is 13.0 Å². The molecule has 0 aliphatic rings.